The van der Waals surface area contributed by atoms with Crippen molar-refractivity contribution in [2.75, 3.05) is 44.5 Å². The van der Waals surface area contributed by atoms with Gasteiger partial charge in [0.05, 0.1) is 13.7 Å². The molecular formula is C30H36N2O6S. The lowest BCUT2D eigenvalue weighted by Gasteiger charge is -2.23. The average Bonchev–Trinajstić information content (AvgIpc) is 2.95. The summed E-state index contributed by atoms with van der Waals surface area (Å²) < 4.78 is 16.4. The molecule has 2 N–H and O–H groups in total. The zero-order valence-corrected chi connectivity index (χ0v) is 23.2. The lowest BCUT2D eigenvalue weighted by atomic mass is 10.1. The van der Waals surface area contributed by atoms with Gasteiger partial charge in [-0.05, 0) is 73.2 Å². The van der Waals surface area contributed by atoms with Gasteiger partial charge in [-0.25, -0.2) is 9.59 Å². The van der Waals surface area contributed by atoms with Crippen LogP contribution in [0.25, 0.3) is 0 Å². The van der Waals surface area contributed by atoms with Gasteiger partial charge in [0, 0.05) is 30.2 Å². The van der Waals surface area contributed by atoms with E-state index < -0.39 is 12.1 Å². The highest BCUT2D eigenvalue weighted by molar-refractivity contribution is 7.99. The van der Waals surface area contributed by atoms with E-state index in [1.54, 1.807) is 67.1 Å². The third kappa shape index (κ3) is 10.5. The van der Waals surface area contributed by atoms with Gasteiger partial charge in [0.15, 0.2) is 6.10 Å². The smallest absolute Gasteiger partial charge is 0.333 e. The zero-order chi connectivity index (χ0) is 27.9. The summed E-state index contributed by atoms with van der Waals surface area (Å²) in [7, 11) is 1.60. The van der Waals surface area contributed by atoms with Crippen molar-refractivity contribution in [2.45, 2.75) is 30.8 Å². The predicted octanol–water partition coefficient (Wildman–Crippen LogP) is 5.82. The number of methoxy groups -OCH3 is 1. The third-order valence-electron chi connectivity index (χ3n) is 5.83. The molecule has 3 aromatic carbocycles. The standard InChI is InChI=1S/C30H36N2O6S/c1-3-37-28(29(33)34)22-23-10-14-26(15-11-23)38-20-19-32(18-7-21-39-27-8-5-4-6-9-27)30(35)31-24-12-16-25(36-2)17-13-24/h4-6,8-17,28H,3,7,18-22H2,1-2H3,(H,31,35)(H,33,34). The Morgan fingerprint density at radius 2 is 1.64 bits per heavy atom. The van der Waals surface area contributed by atoms with Crippen molar-refractivity contribution < 1.29 is 28.9 Å². The van der Waals surface area contributed by atoms with Gasteiger partial charge in [0.1, 0.15) is 18.1 Å². The molecule has 0 aliphatic rings. The third-order valence-corrected chi connectivity index (χ3v) is 6.93. The Morgan fingerprint density at radius 1 is 0.949 bits per heavy atom. The first kappa shape index (κ1) is 29.9. The van der Waals surface area contributed by atoms with Crippen LogP contribution in [0.1, 0.15) is 18.9 Å². The van der Waals surface area contributed by atoms with Gasteiger partial charge in [-0.1, -0.05) is 30.3 Å². The Labute approximate surface area is 234 Å². The number of carboxylic acids is 1. The van der Waals surface area contributed by atoms with Crippen LogP contribution in [0.15, 0.2) is 83.8 Å². The summed E-state index contributed by atoms with van der Waals surface area (Å²) in [6.45, 7) is 3.42. The summed E-state index contributed by atoms with van der Waals surface area (Å²) >= 11 is 1.76. The molecule has 208 valence electrons. The van der Waals surface area contributed by atoms with E-state index in [4.69, 9.17) is 14.2 Å². The molecule has 0 aliphatic heterocycles. The fourth-order valence-electron chi connectivity index (χ4n) is 3.78. The Kier molecular flexibility index (Phi) is 12.5. The molecule has 0 bridgehead atoms. The summed E-state index contributed by atoms with van der Waals surface area (Å²) in [6, 6.07) is 24.5. The van der Waals surface area contributed by atoms with Crippen molar-refractivity contribution in [1.29, 1.82) is 0 Å². The SMILES string of the molecule is CCOC(Cc1ccc(OCCN(CCCSc2ccccc2)C(=O)Nc2ccc(OC)cc2)cc1)C(=O)O. The number of aliphatic carboxylic acids is 1. The van der Waals surface area contributed by atoms with Crippen molar-refractivity contribution in [3.63, 3.8) is 0 Å². The van der Waals surface area contributed by atoms with E-state index in [0.717, 1.165) is 23.5 Å². The van der Waals surface area contributed by atoms with Crippen LogP contribution in [0, 0.1) is 0 Å². The molecule has 0 spiro atoms. The summed E-state index contributed by atoms with van der Waals surface area (Å²) in [5.74, 6) is 1.28. The van der Waals surface area contributed by atoms with E-state index in [2.05, 4.69) is 17.4 Å². The van der Waals surface area contributed by atoms with Gasteiger partial charge in [-0.15, -0.1) is 11.8 Å². The van der Waals surface area contributed by atoms with E-state index in [-0.39, 0.29) is 12.5 Å². The normalized spacial score (nSPS) is 11.4. The molecule has 1 atom stereocenters. The number of rotatable bonds is 16. The van der Waals surface area contributed by atoms with E-state index in [9.17, 15) is 14.7 Å². The maximum absolute atomic E-state index is 13.1. The first-order valence-corrected chi connectivity index (χ1v) is 13.9. The van der Waals surface area contributed by atoms with Crippen LogP contribution in [-0.2, 0) is 16.0 Å². The second-order valence-electron chi connectivity index (χ2n) is 8.64. The van der Waals surface area contributed by atoms with Crippen LogP contribution in [0.5, 0.6) is 11.5 Å². The Morgan fingerprint density at radius 3 is 2.28 bits per heavy atom. The van der Waals surface area contributed by atoms with Crippen molar-refractivity contribution >= 4 is 29.4 Å². The lowest BCUT2D eigenvalue weighted by Crippen LogP contribution is -2.38. The maximum atomic E-state index is 13.1. The fraction of sp³-hybridized carbons (Fsp3) is 0.333. The highest BCUT2D eigenvalue weighted by atomic mass is 32.2. The van der Waals surface area contributed by atoms with E-state index in [0.29, 0.717) is 37.7 Å². The van der Waals surface area contributed by atoms with Crippen LogP contribution in [0.2, 0.25) is 0 Å². The van der Waals surface area contributed by atoms with Crippen LogP contribution in [-0.4, -0.2) is 67.3 Å². The second kappa shape index (κ2) is 16.3. The molecule has 3 aromatic rings. The van der Waals surface area contributed by atoms with Crippen molar-refractivity contribution in [1.82, 2.24) is 4.90 Å². The van der Waals surface area contributed by atoms with Gasteiger partial charge in [0.25, 0.3) is 0 Å². The van der Waals surface area contributed by atoms with Crippen LogP contribution in [0.4, 0.5) is 10.5 Å². The first-order chi connectivity index (χ1) is 19.0. The lowest BCUT2D eigenvalue weighted by molar-refractivity contribution is -0.149. The number of thioether (sulfide) groups is 1. The van der Waals surface area contributed by atoms with Crippen molar-refractivity contribution in [3.8, 4) is 11.5 Å². The number of hydrogen-bond donors (Lipinski definition) is 2. The van der Waals surface area contributed by atoms with Crippen molar-refractivity contribution in [2.24, 2.45) is 0 Å². The molecule has 0 fully saturated rings. The number of urea groups is 1. The number of carbonyl (C=O) groups is 2. The highest BCUT2D eigenvalue weighted by Gasteiger charge is 2.18. The quantitative estimate of drug-likeness (QED) is 0.171. The number of carbonyl (C=O) groups excluding carboxylic acids is 1. The monoisotopic (exact) mass is 552 g/mol. The molecule has 1 unspecified atom stereocenters. The number of hydrogen-bond acceptors (Lipinski definition) is 6. The minimum atomic E-state index is -0.979. The number of benzene rings is 3. The molecule has 0 heterocycles. The van der Waals surface area contributed by atoms with Gasteiger partial charge in [0.2, 0.25) is 0 Å². The van der Waals surface area contributed by atoms with Crippen LogP contribution >= 0.6 is 11.8 Å². The Balaban J connectivity index is 1.54. The molecule has 8 nitrogen and oxygen atoms in total. The van der Waals surface area contributed by atoms with Gasteiger partial charge in [-0.3, -0.25) is 0 Å². The molecule has 0 saturated heterocycles. The van der Waals surface area contributed by atoms with E-state index in [1.807, 2.05) is 30.3 Å². The summed E-state index contributed by atoms with van der Waals surface area (Å²) in [5, 5.41) is 12.2. The Bertz CT molecular complexity index is 1140. The number of carboxylic acid groups (broad SMARTS) is 1. The van der Waals surface area contributed by atoms with Gasteiger partial charge >= 0.3 is 12.0 Å². The number of nitrogens with one attached hydrogen (secondary N) is 1. The topological polar surface area (TPSA) is 97.3 Å². The number of nitrogens with zero attached hydrogens (tertiary/aromatic N) is 1. The number of ether oxygens (including phenoxy) is 3. The van der Waals surface area contributed by atoms with Crippen LogP contribution in [0.3, 0.4) is 0 Å². The molecule has 39 heavy (non-hydrogen) atoms. The maximum Gasteiger partial charge on any atom is 0.333 e. The average molecular weight is 553 g/mol. The molecule has 0 radical (unpaired) electrons. The largest absolute Gasteiger partial charge is 0.497 e. The molecular weight excluding hydrogens is 516 g/mol. The predicted molar refractivity (Wildman–Crippen MR) is 154 cm³/mol. The number of amides is 2. The summed E-state index contributed by atoms with van der Waals surface area (Å²) in [6.07, 6.45) is 0.234. The molecule has 3 rings (SSSR count). The van der Waals surface area contributed by atoms with Crippen LogP contribution < -0.4 is 14.8 Å². The summed E-state index contributed by atoms with van der Waals surface area (Å²) in [5.41, 5.74) is 1.53. The van der Waals surface area contributed by atoms with E-state index >= 15 is 0 Å². The first-order valence-electron chi connectivity index (χ1n) is 12.9. The second-order valence-corrected chi connectivity index (χ2v) is 9.81. The number of anilines is 1. The molecule has 2 amide bonds. The van der Waals surface area contributed by atoms with Gasteiger partial charge < -0.3 is 29.5 Å². The van der Waals surface area contributed by atoms with E-state index in [1.165, 1.54) is 4.90 Å². The van der Waals surface area contributed by atoms with Crippen molar-refractivity contribution in [3.05, 3.63) is 84.4 Å². The minimum Gasteiger partial charge on any atom is -0.497 e. The minimum absolute atomic E-state index is 0.195. The summed E-state index contributed by atoms with van der Waals surface area (Å²) in [4.78, 5) is 27.4. The molecule has 0 aliphatic carbocycles. The fourth-order valence-corrected chi connectivity index (χ4v) is 4.64. The molecule has 0 aromatic heterocycles. The molecule has 0 saturated carbocycles. The molecule has 9 heteroatoms. The Hall–Kier alpha value is -3.69. The highest BCUT2D eigenvalue weighted by Crippen LogP contribution is 2.19. The van der Waals surface area contributed by atoms with Gasteiger partial charge in [-0.2, -0.15) is 0 Å². The zero-order valence-electron chi connectivity index (χ0n) is 22.4.